The maximum Gasteiger partial charge on any atom is 0.293 e. The van der Waals surface area contributed by atoms with Crippen LogP contribution in [0.15, 0.2) is 0 Å². The van der Waals surface area contributed by atoms with Gasteiger partial charge in [-0.05, 0) is 26.2 Å². The maximum absolute atomic E-state index is 12.4. The lowest BCUT2D eigenvalue weighted by Gasteiger charge is -2.22. The summed E-state index contributed by atoms with van der Waals surface area (Å²) in [5.41, 5.74) is -0.514. The summed E-state index contributed by atoms with van der Waals surface area (Å²) in [6.07, 6.45) is 2.89. The summed E-state index contributed by atoms with van der Waals surface area (Å²) in [7, 11) is 1.62. The second-order valence-electron chi connectivity index (χ2n) is 5.94. The SMILES string of the molecule is CNC(=O)C1(C)CCN(C(=O)c2n[nH]c(C3CC3)n2)C1. The molecule has 7 nitrogen and oxygen atoms in total. The number of hydrogen-bond donors (Lipinski definition) is 2. The molecule has 1 saturated carbocycles. The van der Waals surface area contributed by atoms with Crippen molar-refractivity contribution in [2.24, 2.45) is 5.41 Å². The van der Waals surface area contributed by atoms with Crippen LogP contribution in [0.1, 0.15) is 48.5 Å². The van der Waals surface area contributed by atoms with Crippen LogP contribution in [0.2, 0.25) is 0 Å². The van der Waals surface area contributed by atoms with Gasteiger partial charge in [0.2, 0.25) is 11.7 Å². The molecule has 1 aromatic heterocycles. The molecule has 108 valence electrons. The fourth-order valence-electron chi connectivity index (χ4n) is 2.67. The van der Waals surface area contributed by atoms with Gasteiger partial charge in [-0.1, -0.05) is 0 Å². The van der Waals surface area contributed by atoms with Crippen LogP contribution in [0.25, 0.3) is 0 Å². The van der Waals surface area contributed by atoms with Crippen LogP contribution in [0.5, 0.6) is 0 Å². The van der Waals surface area contributed by atoms with Gasteiger partial charge in [-0.3, -0.25) is 14.7 Å². The zero-order valence-electron chi connectivity index (χ0n) is 11.8. The number of nitrogens with zero attached hydrogens (tertiary/aromatic N) is 3. The quantitative estimate of drug-likeness (QED) is 0.830. The minimum absolute atomic E-state index is 0.0264. The number of carbonyl (C=O) groups excluding carboxylic acids is 2. The lowest BCUT2D eigenvalue weighted by atomic mass is 9.89. The van der Waals surface area contributed by atoms with Gasteiger partial charge in [-0.2, -0.15) is 0 Å². The highest BCUT2D eigenvalue weighted by Gasteiger charge is 2.42. The molecule has 1 unspecified atom stereocenters. The van der Waals surface area contributed by atoms with Crippen molar-refractivity contribution in [2.45, 2.75) is 32.1 Å². The first-order valence-electron chi connectivity index (χ1n) is 6.97. The predicted octanol–water partition coefficient (Wildman–Crippen LogP) is 0.280. The molecule has 0 bridgehead atoms. The molecule has 1 saturated heterocycles. The second-order valence-corrected chi connectivity index (χ2v) is 5.94. The van der Waals surface area contributed by atoms with Crippen molar-refractivity contribution >= 4 is 11.8 Å². The summed E-state index contributed by atoms with van der Waals surface area (Å²) in [4.78, 5) is 30.1. The molecule has 2 N–H and O–H groups in total. The fraction of sp³-hybridized carbons (Fsp3) is 0.692. The molecular weight excluding hydrogens is 258 g/mol. The van der Waals surface area contributed by atoms with Gasteiger partial charge in [0.25, 0.3) is 5.91 Å². The Morgan fingerprint density at radius 3 is 2.85 bits per heavy atom. The average Bonchev–Trinajstić information content (AvgIpc) is 3.04. The molecule has 0 aromatic carbocycles. The molecule has 2 fully saturated rings. The van der Waals surface area contributed by atoms with E-state index in [-0.39, 0.29) is 17.6 Å². The van der Waals surface area contributed by atoms with Crippen LogP contribution >= 0.6 is 0 Å². The Bertz CT molecular complexity index is 551. The van der Waals surface area contributed by atoms with Gasteiger partial charge < -0.3 is 10.2 Å². The highest BCUT2D eigenvalue weighted by atomic mass is 16.2. The number of H-pyrrole nitrogens is 1. The van der Waals surface area contributed by atoms with E-state index in [0.29, 0.717) is 25.4 Å². The van der Waals surface area contributed by atoms with Crippen LogP contribution in [0.4, 0.5) is 0 Å². The number of nitrogens with one attached hydrogen (secondary N) is 2. The van der Waals surface area contributed by atoms with E-state index in [1.165, 1.54) is 0 Å². The Labute approximate surface area is 117 Å². The highest BCUT2D eigenvalue weighted by Crippen LogP contribution is 2.38. The first-order chi connectivity index (χ1) is 9.53. The van der Waals surface area contributed by atoms with Gasteiger partial charge in [0.15, 0.2) is 0 Å². The van der Waals surface area contributed by atoms with Gasteiger partial charge in [0, 0.05) is 26.1 Å². The number of amides is 2. The van der Waals surface area contributed by atoms with Crippen molar-refractivity contribution in [1.82, 2.24) is 25.4 Å². The third-order valence-electron chi connectivity index (χ3n) is 4.19. The van der Waals surface area contributed by atoms with E-state index in [9.17, 15) is 9.59 Å². The molecule has 1 aliphatic heterocycles. The zero-order valence-corrected chi connectivity index (χ0v) is 11.8. The zero-order chi connectivity index (χ0) is 14.3. The maximum atomic E-state index is 12.4. The minimum Gasteiger partial charge on any atom is -0.359 e. The number of aromatic nitrogens is 3. The fourth-order valence-corrected chi connectivity index (χ4v) is 2.67. The molecule has 1 aromatic rings. The van der Waals surface area contributed by atoms with Crippen LogP contribution < -0.4 is 5.32 Å². The van der Waals surface area contributed by atoms with Gasteiger partial charge >= 0.3 is 0 Å². The Kier molecular flexibility index (Phi) is 2.99. The lowest BCUT2D eigenvalue weighted by molar-refractivity contribution is -0.128. The number of hydrogen-bond acceptors (Lipinski definition) is 4. The molecule has 3 rings (SSSR count). The molecule has 0 spiro atoms. The number of carbonyl (C=O) groups is 2. The van der Waals surface area contributed by atoms with Crippen molar-refractivity contribution < 1.29 is 9.59 Å². The lowest BCUT2D eigenvalue weighted by Crippen LogP contribution is -2.40. The van der Waals surface area contributed by atoms with Gasteiger partial charge in [0.05, 0.1) is 5.41 Å². The average molecular weight is 277 g/mol. The van der Waals surface area contributed by atoms with Crippen LogP contribution in [-0.4, -0.2) is 52.0 Å². The Morgan fingerprint density at radius 2 is 2.20 bits per heavy atom. The van der Waals surface area contributed by atoms with E-state index in [0.717, 1.165) is 18.7 Å². The molecule has 0 radical (unpaired) electrons. The largest absolute Gasteiger partial charge is 0.359 e. The Balaban J connectivity index is 1.70. The van der Waals surface area contributed by atoms with E-state index in [2.05, 4.69) is 20.5 Å². The topological polar surface area (TPSA) is 91.0 Å². The normalized spacial score (nSPS) is 25.8. The van der Waals surface area contributed by atoms with Crippen molar-refractivity contribution in [3.63, 3.8) is 0 Å². The summed E-state index contributed by atoms with van der Waals surface area (Å²) in [5.74, 6) is 1.25. The number of aromatic amines is 1. The highest BCUT2D eigenvalue weighted by molar-refractivity contribution is 5.92. The van der Waals surface area contributed by atoms with Crippen molar-refractivity contribution in [3.05, 3.63) is 11.6 Å². The van der Waals surface area contributed by atoms with E-state index in [1.807, 2.05) is 6.92 Å². The second kappa shape index (κ2) is 4.57. The van der Waals surface area contributed by atoms with Gasteiger partial charge in [-0.15, -0.1) is 5.10 Å². The van der Waals surface area contributed by atoms with Crippen molar-refractivity contribution in [1.29, 1.82) is 0 Å². The predicted molar refractivity (Wildman–Crippen MR) is 71.1 cm³/mol. The van der Waals surface area contributed by atoms with Crippen LogP contribution in [0.3, 0.4) is 0 Å². The number of rotatable bonds is 3. The van der Waals surface area contributed by atoms with E-state index < -0.39 is 5.41 Å². The molecule has 20 heavy (non-hydrogen) atoms. The van der Waals surface area contributed by atoms with E-state index >= 15 is 0 Å². The summed E-state index contributed by atoms with van der Waals surface area (Å²) in [5, 5.41) is 9.51. The molecule has 7 heteroatoms. The summed E-state index contributed by atoms with van der Waals surface area (Å²) in [6.45, 7) is 2.86. The van der Waals surface area contributed by atoms with Crippen molar-refractivity contribution in [2.75, 3.05) is 20.1 Å². The smallest absolute Gasteiger partial charge is 0.293 e. The first-order valence-corrected chi connectivity index (χ1v) is 6.97. The molecule has 2 aliphatic rings. The monoisotopic (exact) mass is 277 g/mol. The molecular formula is C13H19N5O2. The van der Waals surface area contributed by atoms with Crippen LogP contribution in [0, 0.1) is 5.41 Å². The number of likely N-dealkylation sites (tertiary alicyclic amines) is 1. The molecule has 1 aliphatic carbocycles. The summed E-state index contributed by atoms with van der Waals surface area (Å²) < 4.78 is 0. The van der Waals surface area contributed by atoms with Gasteiger partial charge in [0.1, 0.15) is 5.82 Å². The van der Waals surface area contributed by atoms with E-state index in [1.54, 1.807) is 11.9 Å². The Morgan fingerprint density at radius 1 is 1.45 bits per heavy atom. The standard InChI is InChI=1S/C13H19N5O2/c1-13(12(20)14-2)5-6-18(7-13)11(19)10-15-9(16-17-10)8-3-4-8/h8H,3-7H2,1-2H3,(H,14,20)(H,15,16,17). The first kappa shape index (κ1) is 13.1. The van der Waals surface area contributed by atoms with E-state index in [4.69, 9.17) is 0 Å². The third kappa shape index (κ3) is 2.17. The van der Waals surface area contributed by atoms with Crippen molar-refractivity contribution in [3.8, 4) is 0 Å². The minimum atomic E-state index is -0.514. The molecule has 2 amide bonds. The Hall–Kier alpha value is -1.92. The molecule has 1 atom stereocenters. The summed E-state index contributed by atoms with van der Waals surface area (Å²) >= 11 is 0. The molecule has 2 heterocycles. The van der Waals surface area contributed by atoms with Gasteiger partial charge in [-0.25, -0.2) is 4.98 Å². The summed E-state index contributed by atoms with van der Waals surface area (Å²) in [6, 6.07) is 0. The third-order valence-corrected chi connectivity index (χ3v) is 4.19. The van der Waals surface area contributed by atoms with Crippen LogP contribution in [-0.2, 0) is 4.79 Å².